The molecular formula is C15H28N2OS. The predicted molar refractivity (Wildman–Crippen MR) is 84.0 cm³/mol. The molecule has 1 aliphatic rings. The summed E-state index contributed by atoms with van der Waals surface area (Å²) < 4.78 is 0. The number of rotatable bonds is 5. The summed E-state index contributed by atoms with van der Waals surface area (Å²) in [5.74, 6) is 0.903. The van der Waals surface area contributed by atoms with Crippen molar-refractivity contribution in [2.45, 2.75) is 59.3 Å². The fourth-order valence-corrected chi connectivity index (χ4v) is 3.08. The SMILES string of the molecule is CCCC1CCCN(C(=O)C(C)(CC)C(N)=S)CC1. The molecule has 110 valence electrons. The number of thiocarbonyl (C=S) groups is 1. The summed E-state index contributed by atoms with van der Waals surface area (Å²) in [7, 11) is 0. The minimum absolute atomic E-state index is 0.125. The van der Waals surface area contributed by atoms with E-state index in [1.54, 1.807) is 0 Å². The van der Waals surface area contributed by atoms with Crippen LogP contribution >= 0.6 is 12.2 Å². The molecule has 3 nitrogen and oxygen atoms in total. The van der Waals surface area contributed by atoms with E-state index >= 15 is 0 Å². The molecule has 1 rings (SSSR count). The monoisotopic (exact) mass is 284 g/mol. The molecule has 0 aromatic heterocycles. The van der Waals surface area contributed by atoms with Crippen molar-refractivity contribution in [2.75, 3.05) is 13.1 Å². The van der Waals surface area contributed by atoms with Crippen LogP contribution in [0.5, 0.6) is 0 Å². The summed E-state index contributed by atoms with van der Waals surface area (Å²) in [5.41, 5.74) is 5.12. The molecule has 0 aromatic carbocycles. The highest BCUT2D eigenvalue weighted by Gasteiger charge is 2.38. The Morgan fingerprint density at radius 2 is 2.05 bits per heavy atom. The zero-order valence-electron chi connectivity index (χ0n) is 12.6. The van der Waals surface area contributed by atoms with Crippen molar-refractivity contribution in [1.29, 1.82) is 0 Å². The van der Waals surface area contributed by atoms with Gasteiger partial charge in [0.15, 0.2) is 0 Å². The quantitative estimate of drug-likeness (QED) is 0.789. The fraction of sp³-hybridized carbons (Fsp3) is 0.867. The lowest BCUT2D eigenvalue weighted by Gasteiger charge is -2.32. The van der Waals surface area contributed by atoms with E-state index in [4.69, 9.17) is 18.0 Å². The molecule has 19 heavy (non-hydrogen) atoms. The van der Waals surface area contributed by atoms with Gasteiger partial charge in [0.2, 0.25) is 5.91 Å². The number of carbonyl (C=O) groups excluding carboxylic acids is 1. The van der Waals surface area contributed by atoms with E-state index in [2.05, 4.69) is 6.92 Å². The molecule has 4 heteroatoms. The number of likely N-dealkylation sites (tertiary alicyclic amines) is 1. The molecule has 1 amide bonds. The second kappa shape index (κ2) is 7.22. The van der Waals surface area contributed by atoms with Crippen LogP contribution in [0.3, 0.4) is 0 Å². The minimum Gasteiger partial charge on any atom is -0.392 e. The van der Waals surface area contributed by atoms with Crippen molar-refractivity contribution in [3.05, 3.63) is 0 Å². The van der Waals surface area contributed by atoms with Crippen LogP contribution in [0.2, 0.25) is 0 Å². The highest BCUT2D eigenvalue weighted by atomic mass is 32.1. The Kier molecular flexibility index (Phi) is 6.24. The Balaban J connectivity index is 2.70. The molecule has 1 fully saturated rings. The second-order valence-corrected chi connectivity index (χ2v) is 6.37. The first-order valence-corrected chi connectivity index (χ1v) is 7.95. The second-order valence-electron chi connectivity index (χ2n) is 5.93. The van der Waals surface area contributed by atoms with Crippen molar-refractivity contribution >= 4 is 23.1 Å². The number of hydrogen-bond donors (Lipinski definition) is 1. The molecule has 2 atom stereocenters. The zero-order chi connectivity index (χ0) is 14.5. The summed E-state index contributed by atoms with van der Waals surface area (Å²) in [5, 5.41) is 0. The lowest BCUT2D eigenvalue weighted by molar-refractivity contribution is -0.137. The molecule has 0 saturated carbocycles. The molecule has 1 aliphatic heterocycles. The molecule has 0 radical (unpaired) electrons. The van der Waals surface area contributed by atoms with Crippen LogP contribution in [0.1, 0.15) is 59.3 Å². The van der Waals surface area contributed by atoms with E-state index in [1.807, 2.05) is 18.7 Å². The van der Waals surface area contributed by atoms with E-state index in [-0.39, 0.29) is 5.91 Å². The van der Waals surface area contributed by atoms with Crippen molar-refractivity contribution in [3.63, 3.8) is 0 Å². The van der Waals surface area contributed by atoms with Gasteiger partial charge in [0, 0.05) is 13.1 Å². The summed E-state index contributed by atoms with van der Waals surface area (Å²) >= 11 is 5.10. The molecular weight excluding hydrogens is 256 g/mol. The van der Waals surface area contributed by atoms with Gasteiger partial charge >= 0.3 is 0 Å². The number of nitrogens with zero attached hydrogens (tertiary/aromatic N) is 1. The molecule has 2 unspecified atom stereocenters. The van der Waals surface area contributed by atoms with Gasteiger partial charge in [0.25, 0.3) is 0 Å². The van der Waals surface area contributed by atoms with Crippen molar-refractivity contribution in [2.24, 2.45) is 17.1 Å². The van der Waals surface area contributed by atoms with Crippen LogP contribution in [0, 0.1) is 11.3 Å². The number of amides is 1. The maximum atomic E-state index is 12.7. The molecule has 0 bridgehead atoms. The Bertz CT molecular complexity index is 332. The average Bonchev–Trinajstić information content (AvgIpc) is 2.62. The lowest BCUT2D eigenvalue weighted by atomic mass is 9.85. The first-order valence-electron chi connectivity index (χ1n) is 7.55. The molecule has 0 aromatic rings. The Labute approximate surface area is 122 Å². The normalized spacial score (nSPS) is 23.5. The van der Waals surface area contributed by atoms with E-state index in [9.17, 15) is 4.79 Å². The Morgan fingerprint density at radius 1 is 1.37 bits per heavy atom. The van der Waals surface area contributed by atoms with Crippen LogP contribution in [0.15, 0.2) is 0 Å². The topological polar surface area (TPSA) is 46.3 Å². The standard InChI is InChI=1S/C15H28N2OS/c1-4-7-12-8-6-10-17(11-9-12)14(18)15(3,5-2)13(16)19/h12H,4-11H2,1-3H3,(H2,16,19). The van der Waals surface area contributed by atoms with Gasteiger partial charge in [-0.2, -0.15) is 0 Å². The summed E-state index contributed by atoms with van der Waals surface area (Å²) in [6.07, 6.45) is 6.66. The predicted octanol–water partition coefficient (Wildman–Crippen LogP) is 3.12. The van der Waals surface area contributed by atoms with Gasteiger partial charge in [-0.05, 0) is 38.5 Å². The minimum atomic E-state index is -0.667. The van der Waals surface area contributed by atoms with E-state index in [1.165, 1.54) is 19.3 Å². The van der Waals surface area contributed by atoms with Crippen molar-refractivity contribution in [1.82, 2.24) is 4.90 Å². The molecule has 1 heterocycles. The van der Waals surface area contributed by atoms with Gasteiger partial charge in [-0.25, -0.2) is 0 Å². The van der Waals surface area contributed by atoms with E-state index in [0.717, 1.165) is 31.8 Å². The van der Waals surface area contributed by atoms with Gasteiger partial charge in [0.05, 0.1) is 10.4 Å². The third-order valence-corrected chi connectivity index (χ3v) is 5.01. The van der Waals surface area contributed by atoms with Crippen LogP contribution in [-0.4, -0.2) is 28.9 Å². The average molecular weight is 284 g/mol. The first kappa shape index (κ1) is 16.4. The maximum Gasteiger partial charge on any atom is 0.235 e. The summed E-state index contributed by atoms with van der Waals surface area (Å²) in [6.45, 7) is 7.81. The molecule has 0 spiro atoms. The van der Waals surface area contributed by atoms with Gasteiger partial charge in [0.1, 0.15) is 0 Å². The molecule has 0 aliphatic carbocycles. The Morgan fingerprint density at radius 3 is 2.58 bits per heavy atom. The van der Waals surface area contributed by atoms with Crippen LogP contribution in [-0.2, 0) is 4.79 Å². The van der Waals surface area contributed by atoms with E-state index in [0.29, 0.717) is 11.4 Å². The van der Waals surface area contributed by atoms with Gasteiger partial charge < -0.3 is 10.6 Å². The largest absolute Gasteiger partial charge is 0.392 e. The van der Waals surface area contributed by atoms with Crippen LogP contribution in [0.4, 0.5) is 0 Å². The van der Waals surface area contributed by atoms with E-state index < -0.39 is 5.41 Å². The summed E-state index contributed by atoms with van der Waals surface area (Å²) in [6, 6.07) is 0. The molecule has 2 N–H and O–H groups in total. The van der Waals surface area contributed by atoms with Gasteiger partial charge in [-0.1, -0.05) is 38.9 Å². The van der Waals surface area contributed by atoms with Crippen LogP contribution < -0.4 is 5.73 Å². The Hall–Kier alpha value is -0.640. The van der Waals surface area contributed by atoms with Gasteiger partial charge in [-0.3, -0.25) is 4.79 Å². The zero-order valence-corrected chi connectivity index (χ0v) is 13.4. The highest BCUT2D eigenvalue weighted by Crippen LogP contribution is 2.28. The first-order chi connectivity index (χ1) is 8.95. The van der Waals surface area contributed by atoms with Gasteiger partial charge in [-0.15, -0.1) is 0 Å². The third-order valence-electron chi connectivity index (χ3n) is 4.55. The fourth-order valence-electron chi connectivity index (χ4n) is 2.85. The van der Waals surface area contributed by atoms with Crippen LogP contribution in [0.25, 0.3) is 0 Å². The number of nitrogens with two attached hydrogens (primary N) is 1. The van der Waals surface area contributed by atoms with Crippen molar-refractivity contribution in [3.8, 4) is 0 Å². The highest BCUT2D eigenvalue weighted by molar-refractivity contribution is 7.80. The number of hydrogen-bond acceptors (Lipinski definition) is 2. The number of carbonyl (C=O) groups is 1. The molecule has 1 saturated heterocycles. The smallest absolute Gasteiger partial charge is 0.235 e. The third kappa shape index (κ3) is 3.91. The maximum absolute atomic E-state index is 12.7. The summed E-state index contributed by atoms with van der Waals surface area (Å²) in [4.78, 5) is 15.0. The van der Waals surface area contributed by atoms with Crippen molar-refractivity contribution < 1.29 is 4.79 Å². The lowest BCUT2D eigenvalue weighted by Crippen LogP contribution is -2.49.